The summed E-state index contributed by atoms with van der Waals surface area (Å²) in [6.07, 6.45) is 3.08. The molecule has 2 aliphatic rings. The number of piperidine rings is 1. The summed E-state index contributed by atoms with van der Waals surface area (Å²) in [6.45, 7) is 3.55. The van der Waals surface area contributed by atoms with Crippen molar-refractivity contribution in [3.8, 4) is 5.75 Å². The van der Waals surface area contributed by atoms with Gasteiger partial charge in [0.25, 0.3) is 0 Å². The first-order valence-electron chi connectivity index (χ1n) is 10.5. The van der Waals surface area contributed by atoms with E-state index in [1.54, 1.807) is 30.2 Å². The number of carbonyl (C=O) groups is 2. The van der Waals surface area contributed by atoms with Gasteiger partial charge in [-0.1, -0.05) is 12.1 Å². The maximum atomic E-state index is 12.8. The predicted molar refractivity (Wildman–Crippen MR) is 109 cm³/mol. The Morgan fingerprint density at radius 2 is 2.00 bits per heavy atom. The van der Waals surface area contributed by atoms with Gasteiger partial charge < -0.3 is 24.7 Å². The molecule has 0 spiro atoms. The van der Waals surface area contributed by atoms with Crippen molar-refractivity contribution in [1.29, 1.82) is 0 Å². The molecule has 0 aromatic heterocycles. The molecule has 0 bridgehead atoms. The molecule has 2 N–H and O–H groups in total. The largest absolute Gasteiger partial charge is 0.497 e. The van der Waals surface area contributed by atoms with Gasteiger partial charge in [0.15, 0.2) is 0 Å². The van der Waals surface area contributed by atoms with E-state index in [9.17, 15) is 19.8 Å². The summed E-state index contributed by atoms with van der Waals surface area (Å²) in [5.41, 5.74) is -0.635. The first-order chi connectivity index (χ1) is 13.9. The maximum Gasteiger partial charge on any atom is 0.314 e. The van der Waals surface area contributed by atoms with Crippen molar-refractivity contribution in [2.45, 2.75) is 44.6 Å². The summed E-state index contributed by atoms with van der Waals surface area (Å²) in [6, 6.07) is 7.22. The van der Waals surface area contributed by atoms with Crippen molar-refractivity contribution in [3.63, 3.8) is 0 Å². The molecule has 1 aromatic rings. The van der Waals surface area contributed by atoms with E-state index in [0.717, 1.165) is 31.6 Å². The maximum absolute atomic E-state index is 12.8. The molecule has 160 valence electrons. The molecule has 2 fully saturated rings. The number of aliphatic hydroxyl groups is 1. The van der Waals surface area contributed by atoms with Crippen LogP contribution in [0.1, 0.15) is 37.7 Å². The number of likely N-dealkylation sites (tertiary alicyclic amines) is 2. The molecule has 0 radical (unpaired) electrons. The zero-order chi connectivity index (χ0) is 20.9. The van der Waals surface area contributed by atoms with Crippen LogP contribution in [-0.4, -0.2) is 77.8 Å². The van der Waals surface area contributed by atoms with Gasteiger partial charge in [-0.2, -0.15) is 0 Å². The molecule has 7 nitrogen and oxygen atoms in total. The number of aliphatic hydroxyl groups excluding tert-OH is 1. The lowest BCUT2D eigenvalue weighted by atomic mass is 9.72. The zero-order valence-electron chi connectivity index (χ0n) is 17.2. The number of carboxylic acids is 1. The molecule has 0 saturated carbocycles. The molecule has 2 heterocycles. The molecule has 1 aromatic carbocycles. The second-order valence-electron chi connectivity index (χ2n) is 8.26. The van der Waals surface area contributed by atoms with Gasteiger partial charge in [-0.3, -0.25) is 9.59 Å². The Morgan fingerprint density at radius 1 is 1.24 bits per heavy atom. The van der Waals surface area contributed by atoms with Crippen LogP contribution in [0.2, 0.25) is 0 Å². The standard InChI is InChI=1S/C22H32N2O5/c1-29-18-7-4-6-17(14-18)15-22(21(27)28)16-24(13-9-19(22)25)20(26)8-5-12-23-10-2-3-11-23/h4,6-7,14,19,25H,2-3,5,8-13,15-16H2,1H3,(H,27,28)/t19-,22+/m0/s1. The van der Waals surface area contributed by atoms with E-state index in [0.29, 0.717) is 18.7 Å². The summed E-state index contributed by atoms with van der Waals surface area (Å²) in [4.78, 5) is 29.0. The van der Waals surface area contributed by atoms with E-state index in [1.807, 2.05) is 6.07 Å². The Labute approximate surface area is 172 Å². The minimum absolute atomic E-state index is 0.0210. The fourth-order valence-corrected chi connectivity index (χ4v) is 4.52. The lowest BCUT2D eigenvalue weighted by Crippen LogP contribution is -2.58. The molecule has 0 unspecified atom stereocenters. The molecule has 7 heteroatoms. The van der Waals surface area contributed by atoms with E-state index in [1.165, 1.54) is 12.8 Å². The Balaban J connectivity index is 1.67. The van der Waals surface area contributed by atoms with Gasteiger partial charge in [0.2, 0.25) is 5.91 Å². The quantitative estimate of drug-likeness (QED) is 0.686. The molecular weight excluding hydrogens is 372 g/mol. The molecule has 3 rings (SSSR count). The van der Waals surface area contributed by atoms with Crippen LogP contribution in [0.15, 0.2) is 24.3 Å². The van der Waals surface area contributed by atoms with Crippen molar-refractivity contribution >= 4 is 11.9 Å². The number of carboxylic acid groups (broad SMARTS) is 1. The van der Waals surface area contributed by atoms with Gasteiger partial charge in [0.05, 0.1) is 13.2 Å². The normalized spacial score (nSPS) is 25.2. The van der Waals surface area contributed by atoms with Crippen molar-refractivity contribution in [2.75, 3.05) is 39.8 Å². The van der Waals surface area contributed by atoms with Crippen LogP contribution in [0, 0.1) is 5.41 Å². The molecule has 1 amide bonds. The molecule has 29 heavy (non-hydrogen) atoms. The predicted octanol–water partition coefficient (Wildman–Crippen LogP) is 1.78. The van der Waals surface area contributed by atoms with Crippen molar-refractivity contribution in [1.82, 2.24) is 9.80 Å². The third-order valence-electron chi connectivity index (χ3n) is 6.28. The Hall–Kier alpha value is -2.12. The first kappa shape index (κ1) is 21.6. The minimum Gasteiger partial charge on any atom is -0.497 e. The van der Waals surface area contributed by atoms with Crippen molar-refractivity contribution in [3.05, 3.63) is 29.8 Å². The lowest BCUT2D eigenvalue weighted by molar-refractivity contribution is -0.165. The van der Waals surface area contributed by atoms with Gasteiger partial charge in [-0.15, -0.1) is 0 Å². The summed E-state index contributed by atoms with van der Waals surface area (Å²) >= 11 is 0. The summed E-state index contributed by atoms with van der Waals surface area (Å²) < 4.78 is 5.23. The van der Waals surface area contributed by atoms with Gasteiger partial charge in [-0.25, -0.2) is 0 Å². The number of aliphatic carboxylic acids is 1. The second-order valence-corrected chi connectivity index (χ2v) is 8.26. The van der Waals surface area contributed by atoms with Crippen LogP contribution in [0.3, 0.4) is 0 Å². The molecular formula is C22H32N2O5. The van der Waals surface area contributed by atoms with Crippen LogP contribution in [-0.2, 0) is 16.0 Å². The molecule has 0 aliphatic carbocycles. The van der Waals surface area contributed by atoms with Crippen LogP contribution < -0.4 is 4.74 Å². The van der Waals surface area contributed by atoms with Crippen molar-refractivity contribution < 1.29 is 24.5 Å². The van der Waals surface area contributed by atoms with Gasteiger partial charge in [0, 0.05) is 19.5 Å². The van der Waals surface area contributed by atoms with E-state index in [2.05, 4.69) is 4.90 Å². The summed E-state index contributed by atoms with van der Waals surface area (Å²) in [7, 11) is 1.56. The average Bonchev–Trinajstić information content (AvgIpc) is 3.23. The SMILES string of the molecule is COc1cccc(C[C@@]2(C(=O)O)CN(C(=O)CCCN3CCCC3)CC[C@@H]2O)c1. The smallest absolute Gasteiger partial charge is 0.314 e. The highest BCUT2D eigenvalue weighted by Gasteiger charge is 2.50. The van der Waals surface area contributed by atoms with E-state index in [-0.39, 0.29) is 25.3 Å². The first-order valence-corrected chi connectivity index (χ1v) is 10.5. The molecule has 2 saturated heterocycles. The number of hydrogen-bond donors (Lipinski definition) is 2. The van der Waals surface area contributed by atoms with Crippen LogP contribution in [0.4, 0.5) is 0 Å². The number of methoxy groups -OCH3 is 1. The Kier molecular flexibility index (Phi) is 7.14. The van der Waals surface area contributed by atoms with E-state index >= 15 is 0 Å². The second kappa shape index (κ2) is 9.59. The van der Waals surface area contributed by atoms with Crippen molar-refractivity contribution in [2.24, 2.45) is 5.41 Å². The molecule has 2 aliphatic heterocycles. The number of rotatable bonds is 8. The fraction of sp³-hybridized carbons (Fsp3) is 0.636. The number of amides is 1. The third-order valence-corrected chi connectivity index (χ3v) is 6.28. The van der Waals surface area contributed by atoms with Crippen LogP contribution in [0.5, 0.6) is 5.75 Å². The van der Waals surface area contributed by atoms with Gasteiger partial charge in [-0.05, 0) is 69.4 Å². The highest BCUT2D eigenvalue weighted by Crippen LogP contribution is 2.35. The Morgan fingerprint density at radius 3 is 2.69 bits per heavy atom. The number of hydrogen-bond acceptors (Lipinski definition) is 5. The van der Waals surface area contributed by atoms with E-state index in [4.69, 9.17) is 4.74 Å². The number of nitrogens with zero attached hydrogens (tertiary/aromatic N) is 2. The Bertz CT molecular complexity index is 719. The van der Waals surface area contributed by atoms with Gasteiger partial charge in [0.1, 0.15) is 11.2 Å². The number of ether oxygens (including phenoxy) is 1. The third kappa shape index (κ3) is 5.08. The molecule has 2 atom stereocenters. The average molecular weight is 405 g/mol. The van der Waals surface area contributed by atoms with Crippen LogP contribution >= 0.6 is 0 Å². The number of carbonyl (C=O) groups excluding carboxylic acids is 1. The number of benzene rings is 1. The summed E-state index contributed by atoms with van der Waals surface area (Å²) in [5, 5.41) is 20.7. The highest BCUT2D eigenvalue weighted by molar-refractivity contribution is 5.80. The fourth-order valence-electron chi connectivity index (χ4n) is 4.52. The topological polar surface area (TPSA) is 90.3 Å². The minimum atomic E-state index is -1.41. The summed E-state index contributed by atoms with van der Waals surface area (Å²) in [5.74, 6) is -0.446. The lowest BCUT2D eigenvalue weighted by Gasteiger charge is -2.43. The highest BCUT2D eigenvalue weighted by atomic mass is 16.5. The monoisotopic (exact) mass is 404 g/mol. The van der Waals surface area contributed by atoms with Gasteiger partial charge >= 0.3 is 5.97 Å². The van der Waals surface area contributed by atoms with Crippen LogP contribution in [0.25, 0.3) is 0 Å². The van der Waals surface area contributed by atoms with E-state index < -0.39 is 17.5 Å². The zero-order valence-corrected chi connectivity index (χ0v) is 17.2.